The number of anilines is 1. The Bertz CT molecular complexity index is 1200. The molecule has 158 valence electrons. The first-order valence-corrected chi connectivity index (χ1v) is 10.8. The third-order valence-corrected chi connectivity index (χ3v) is 6.81. The van der Waals surface area contributed by atoms with Crippen molar-refractivity contribution in [1.29, 1.82) is 0 Å². The van der Waals surface area contributed by atoms with Crippen LogP contribution in [0.25, 0.3) is 5.65 Å². The van der Waals surface area contributed by atoms with Crippen LogP contribution < -0.4 is 10.9 Å². The summed E-state index contributed by atoms with van der Waals surface area (Å²) in [6, 6.07) is 1.42. The van der Waals surface area contributed by atoms with Crippen molar-refractivity contribution in [2.75, 3.05) is 12.4 Å². The summed E-state index contributed by atoms with van der Waals surface area (Å²) >= 11 is 1.47. The molecule has 0 aromatic carbocycles. The number of hydrogen-bond donors (Lipinski definition) is 2. The summed E-state index contributed by atoms with van der Waals surface area (Å²) in [5.41, 5.74) is 3.97. The molecule has 0 fully saturated rings. The number of aromatic amines is 1. The van der Waals surface area contributed by atoms with Gasteiger partial charge in [0, 0.05) is 27.9 Å². The van der Waals surface area contributed by atoms with Gasteiger partial charge in [-0.3, -0.25) is 14.7 Å². The van der Waals surface area contributed by atoms with Crippen molar-refractivity contribution in [3.05, 3.63) is 49.4 Å². The summed E-state index contributed by atoms with van der Waals surface area (Å²) in [5.74, 6) is -0.650. The monoisotopic (exact) mass is 428 g/mol. The van der Waals surface area contributed by atoms with Gasteiger partial charge in [-0.05, 0) is 45.1 Å². The fourth-order valence-electron chi connectivity index (χ4n) is 4.09. The molecule has 1 aliphatic rings. The lowest BCUT2D eigenvalue weighted by Gasteiger charge is -2.12. The molecule has 1 amide bonds. The molecule has 0 saturated heterocycles. The van der Waals surface area contributed by atoms with E-state index in [1.807, 2.05) is 13.8 Å². The van der Waals surface area contributed by atoms with Crippen LogP contribution in [0.2, 0.25) is 0 Å². The summed E-state index contributed by atoms with van der Waals surface area (Å²) < 4.78 is 6.59. The van der Waals surface area contributed by atoms with Crippen LogP contribution in [0, 0.1) is 13.8 Å². The predicted octanol–water partition coefficient (Wildman–Crippen LogP) is 2.94. The maximum absolute atomic E-state index is 12.9. The average Bonchev–Trinajstić information content (AvgIpc) is 3.15. The second-order valence-corrected chi connectivity index (χ2v) is 8.67. The van der Waals surface area contributed by atoms with Gasteiger partial charge in [-0.25, -0.2) is 14.3 Å². The average molecular weight is 429 g/mol. The molecule has 0 spiro atoms. The number of aromatic nitrogens is 3. The molecule has 0 saturated carbocycles. The molecular weight excluding hydrogens is 404 g/mol. The summed E-state index contributed by atoms with van der Waals surface area (Å²) in [6.07, 6.45) is 5.08. The van der Waals surface area contributed by atoms with E-state index in [1.54, 1.807) is 4.52 Å². The standard InChI is InChI=1S/C21H24N4O4S/c1-11-14(12(2)25-16(22-11)10-18(27)24-25)9-17(26)23-20-19(21(28)29-3)13-7-5-4-6-8-15(13)30-20/h10H,4-9H2,1-3H3,(H,23,26)(H,24,27). The number of carbonyl (C=O) groups excluding carboxylic acids is 2. The fraction of sp³-hybridized carbons (Fsp3) is 0.429. The highest BCUT2D eigenvalue weighted by Crippen LogP contribution is 2.38. The van der Waals surface area contributed by atoms with E-state index in [0.717, 1.165) is 53.8 Å². The van der Waals surface area contributed by atoms with E-state index in [4.69, 9.17) is 4.74 Å². The third-order valence-electron chi connectivity index (χ3n) is 5.60. The highest BCUT2D eigenvalue weighted by atomic mass is 32.1. The SMILES string of the molecule is COC(=O)c1c(NC(=O)Cc2c(C)nc3cc(=O)[nH]n3c2C)sc2c1CCCCC2. The van der Waals surface area contributed by atoms with Crippen LogP contribution >= 0.6 is 11.3 Å². The predicted molar refractivity (Wildman–Crippen MR) is 115 cm³/mol. The molecule has 0 aliphatic heterocycles. The Morgan fingerprint density at radius 2 is 2.03 bits per heavy atom. The van der Waals surface area contributed by atoms with Gasteiger partial charge < -0.3 is 10.1 Å². The molecule has 3 aromatic heterocycles. The minimum absolute atomic E-state index is 0.0873. The second kappa shape index (κ2) is 8.06. The zero-order chi connectivity index (χ0) is 21.4. The van der Waals surface area contributed by atoms with Gasteiger partial charge >= 0.3 is 5.97 Å². The van der Waals surface area contributed by atoms with Crippen LogP contribution in [-0.2, 0) is 28.8 Å². The minimum Gasteiger partial charge on any atom is -0.465 e. The molecule has 0 radical (unpaired) electrons. The van der Waals surface area contributed by atoms with E-state index >= 15 is 0 Å². The highest BCUT2D eigenvalue weighted by Gasteiger charge is 2.26. The van der Waals surface area contributed by atoms with Gasteiger partial charge in [0.05, 0.1) is 19.1 Å². The van der Waals surface area contributed by atoms with E-state index in [0.29, 0.717) is 21.9 Å². The number of H-pyrrole nitrogens is 1. The molecule has 4 rings (SSSR count). The van der Waals surface area contributed by atoms with Crippen LogP contribution in [0.4, 0.5) is 5.00 Å². The van der Waals surface area contributed by atoms with Gasteiger partial charge in [0.2, 0.25) is 5.91 Å². The summed E-state index contributed by atoms with van der Waals surface area (Å²) in [7, 11) is 1.36. The summed E-state index contributed by atoms with van der Waals surface area (Å²) in [6.45, 7) is 3.66. The molecular formula is C21H24N4O4S. The van der Waals surface area contributed by atoms with Crippen molar-refractivity contribution in [2.45, 2.75) is 52.4 Å². The van der Waals surface area contributed by atoms with Crippen molar-refractivity contribution >= 4 is 33.9 Å². The maximum Gasteiger partial charge on any atom is 0.341 e. The van der Waals surface area contributed by atoms with Crippen molar-refractivity contribution in [3.63, 3.8) is 0 Å². The number of thiophene rings is 1. The van der Waals surface area contributed by atoms with E-state index < -0.39 is 5.97 Å². The lowest BCUT2D eigenvalue weighted by Crippen LogP contribution is -2.19. The molecule has 3 aromatic rings. The molecule has 8 nitrogen and oxygen atoms in total. The molecule has 0 bridgehead atoms. The largest absolute Gasteiger partial charge is 0.465 e. The number of amides is 1. The number of methoxy groups -OCH3 is 1. The Kier molecular flexibility index (Phi) is 5.46. The number of ether oxygens (including phenoxy) is 1. The lowest BCUT2D eigenvalue weighted by atomic mass is 10.1. The zero-order valence-corrected chi connectivity index (χ0v) is 18.1. The third kappa shape index (κ3) is 3.65. The number of nitrogens with zero attached hydrogens (tertiary/aromatic N) is 2. The number of esters is 1. The van der Waals surface area contributed by atoms with Crippen molar-refractivity contribution in [1.82, 2.24) is 14.6 Å². The maximum atomic E-state index is 12.9. The Hall–Kier alpha value is -2.94. The number of aryl methyl sites for hydroxylation is 3. The minimum atomic E-state index is -0.412. The van der Waals surface area contributed by atoms with Gasteiger partial charge in [0.25, 0.3) is 5.56 Å². The number of fused-ring (bicyclic) bond motifs is 2. The van der Waals surface area contributed by atoms with Gasteiger partial charge in [0.15, 0.2) is 5.65 Å². The normalized spacial score (nSPS) is 13.7. The Balaban J connectivity index is 1.64. The molecule has 3 heterocycles. The van der Waals surface area contributed by atoms with Crippen molar-refractivity contribution in [2.24, 2.45) is 0 Å². The molecule has 0 atom stereocenters. The van der Waals surface area contributed by atoms with Gasteiger partial charge in [-0.15, -0.1) is 11.3 Å². The van der Waals surface area contributed by atoms with Gasteiger partial charge in [-0.1, -0.05) is 6.42 Å². The van der Waals surface area contributed by atoms with Crippen LogP contribution in [0.15, 0.2) is 10.9 Å². The van der Waals surface area contributed by atoms with Crippen molar-refractivity contribution < 1.29 is 14.3 Å². The molecule has 0 unspecified atom stereocenters. The first-order chi connectivity index (χ1) is 14.4. The number of nitrogens with one attached hydrogen (secondary N) is 2. The first kappa shape index (κ1) is 20.3. The second-order valence-electron chi connectivity index (χ2n) is 7.56. The topological polar surface area (TPSA) is 106 Å². The molecule has 1 aliphatic carbocycles. The Labute approximate surface area is 177 Å². The van der Waals surface area contributed by atoms with Crippen LogP contribution in [0.5, 0.6) is 0 Å². The highest BCUT2D eigenvalue weighted by molar-refractivity contribution is 7.17. The fourth-order valence-corrected chi connectivity index (χ4v) is 5.39. The van der Waals surface area contributed by atoms with E-state index in [1.165, 1.54) is 24.5 Å². The number of rotatable bonds is 4. The van der Waals surface area contributed by atoms with Gasteiger partial charge in [0.1, 0.15) is 5.00 Å². The van der Waals surface area contributed by atoms with Gasteiger partial charge in [-0.2, -0.15) is 0 Å². The smallest absolute Gasteiger partial charge is 0.341 e. The molecule has 30 heavy (non-hydrogen) atoms. The lowest BCUT2D eigenvalue weighted by molar-refractivity contribution is -0.115. The zero-order valence-electron chi connectivity index (χ0n) is 17.3. The summed E-state index contributed by atoms with van der Waals surface area (Å²) in [5, 5.41) is 6.18. The molecule has 2 N–H and O–H groups in total. The first-order valence-electron chi connectivity index (χ1n) is 9.99. The van der Waals surface area contributed by atoms with Crippen molar-refractivity contribution in [3.8, 4) is 0 Å². The number of carbonyl (C=O) groups is 2. The van der Waals surface area contributed by atoms with Crippen LogP contribution in [0.3, 0.4) is 0 Å². The van der Waals surface area contributed by atoms with E-state index in [-0.39, 0.29) is 17.9 Å². The van der Waals surface area contributed by atoms with E-state index in [9.17, 15) is 14.4 Å². The quantitative estimate of drug-likeness (QED) is 0.491. The Morgan fingerprint density at radius 3 is 2.80 bits per heavy atom. The molecule has 9 heteroatoms. The Morgan fingerprint density at radius 1 is 1.27 bits per heavy atom. The van der Waals surface area contributed by atoms with Crippen LogP contribution in [0.1, 0.15) is 57.0 Å². The van der Waals surface area contributed by atoms with Crippen LogP contribution in [-0.4, -0.2) is 33.6 Å². The number of hydrogen-bond acceptors (Lipinski definition) is 6. The van der Waals surface area contributed by atoms with E-state index in [2.05, 4.69) is 15.4 Å². The summed E-state index contributed by atoms with van der Waals surface area (Å²) in [4.78, 5) is 42.6.